The molecule has 1 N–H and O–H groups in total. The van der Waals surface area contributed by atoms with Gasteiger partial charge in [-0.1, -0.05) is 36.4 Å². The van der Waals surface area contributed by atoms with Crippen LogP contribution in [-0.2, 0) is 11.3 Å². The van der Waals surface area contributed by atoms with Crippen LogP contribution in [0.3, 0.4) is 0 Å². The standard InChI is InChI=1S/C16H14N2O2/c1-20-10-15-17-14(9-16(19)18-15)13-7-6-11-4-2-3-5-12(11)8-13/h2-9H,10H2,1H3,(H,17,18,19). The second-order valence-corrected chi connectivity index (χ2v) is 4.57. The SMILES string of the molecule is COCc1nc(-c2ccc3ccccc3c2)cc(=O)[nH]1. The summed E-state index contributed by atoms with van der Waals surface area (Å²) in [6, 6.07) is 15.6. The third-order valence-electron chi connectivity index (χ3n) is 3.12. The van der Waals surface area contributed by atoms with Crippen molar-refractivity contribution in [3.63, 3.8) is 0 Å². The Labute approximate surface area is 116 Å². The molecular formula is C16H14N2O2. The number of nitrogens with zero attached hydrogens (tertiary/aromatic N) is 1. The minimum atomic E-state index is -0.171. The Morgan fingerprint density at radius 3 is 2.70 bits per heavy atom. The van der Waals surface area contributed by atoms with E-state index in [0.717, 1.165) is 10.9 Å². The van der Waals surface area contributed by atoms with Crippen molar-refractivity contribution in [2.24, 2.45) is 0 Å². The average Bonchev–Trinajstić information content (AvgIpc) is 2.46. The molecule has 0 amide bonds. The summed E-state index contributed by atoms with van der Waals surface area (Å²) in [5.74, 6) is 0.531. The van der Waals surface area contributed by atoms with Crippen LogP contribution in [0.15, 0.2) is 53.3 Å². The van der Waals surface area contributed by atoms with Crippen molar-refractivity contribution in [3.05, 3.63) is 64.7 Å². The second-order valence-electron chi connectivity index (χ2n) is 4.57. The fraction of sp³-hybridized carbons (Fsp3) is 0.125. The molecular weight excluding hydrogens is 252 g/mol. The van der Waals surface area contributed by atoms with Gasteiger partial charge in [0.25, 0.3) is 5.56 Å². The minimum Gasteiger partial charge on any atom is -0.377 e. The third kappa shape index (κ3) is 2.46. The number of fused-ring (bicyclic) bond motifs is 1. The number of benzene rings is 2. The number of hydrogen-bond donors (Lipinski definition) is 1. The number of nitrogens with one attached hydrogen (secondary N) is 1. The molecule has 0 bridgehead atoms. The van der Waals surface area contributed by atoms with E-state index in [4.69, 9.17) is 4.74 Å². The van der Waals surface area contributed by atoms with Crippen molar-refractivity contribution in [3.8, 4) is 11.3 Å². The molecule has 0 saturated carbocycles. The van der Waals surface area contributed by atoms with Crippen molar-refractivity contribution in [2.75, 3.05) is 7.11 Å². The number of H-pyrrole nitrogens is 1. The van der Waals surface area contributed by atoms with Crippen LogP contribution in [0.5, 0.6) is 0 Å². The monoisotopic (exact) mass is 266 g/mol. The van der Waals surface area contributed by atoms with Gasteiger partial charge in [-0.2, -0.15) is 0 Å². The van der Waals surface area contributed by atoms with Gasteiger partial charge in [0.15, 0.2) is 0 Å². The van der Waals surface area contributed by atoms with Gasteiger partial charge in [-0.05, 0) is 16.8 Å². The van der Waals surface area contributed by atoms with Gasteiger partial charge < -0.3 is 9.72 Å². The summed E-state index contributed by atoms with van der Waals surface area (Å²) in [5.41, 5.74) is 1.41. The van der Waals surface area contributed by atoms with E-state index in [0.29, 0.717) is 11.5 Å². The Balaban J connectivity index is 2.12. The first-order valence-electron chi connectivity index (χ1n) is 6.34. The maximum absolute atomic E-state index is 11.7. The van der Waals surface area contributed by atoms with Crippen molar-refractivity contribution in [2.45, 2.75) is 6.61 Å². The molecule has 100 valence electrons. The van der Waals surface area contributed by atoms with Crippen molar-refractivity contribution in [1.82, 2.24) is 9.97 Å². The van der Waals surface area contributed by atoms with Gasteiger partial charge in [-0.15, -0.1) is 0 Å². The molecule has 0 saturated heterocycles. The van der Waals surface area contributed by atoms with Gasteiger partial charge in [0.1, 0.15) is 12.4 Å². The van der Waals surface area contributed by atoms with E-state index in [-0.39, 0.29) is 12.2 Å². The van der Waals surface area contributed by atoms with Crippen molar-refractivity contribution >= 4 is 10.8 Å². The molecule has 3 rings (SSSR count). The number of aromatic amines is 1. The Kier molecular flexibility index (Phi) is 3.31. The Morgan fingerprint density at radius 2 is 1.90 bits per heavy atom. The Morgan fingerprint density at radius 1 is 1.10 bits per heavy atom. The molecule has 0 fully saturated rings. The van der Waals surface area contributed by atoms with E-state index in [2.05, 4.69) is 16.0 Å². The van der Waals surface area contributed by atoms with Crippen LogP contribution in [0.2, 0.25) is 0 Å². The van der Waals surface area contributed by atoms with Crippen molar-refractivity contribution < 1.29 is 4.74 Å². The first-order valence-corrected chi connectivity index (χ1v) is 6.34. The fourth-order valence-corrected chi connectivity index (χ4v) is 2.21. The summed E-state index contributed by atoms with van der Waals surface area (Å²) in [6.45, 7) is 0.288. The largest absolute Gasteiger partial charge is 0.377 e. The lowest BCUT2D eigenvalue weighted by molar-refractivity contribution is 0.177. The predicted molar refractivity (Wildman–Crippen MR) is 78.5 cm³/mol. The Hall–Kier alpha value is -2.46. The van der Waals surface area contributed by atoms with Gasteiger partial charge in [0.2, 0.25) is 0 Å². The molecule has 0 atom stereocenters. The normalized spacial score (nSPS) is 10.8. The molecule has 0 radical (unpaired) electrons. The van der Waals surface area contributed by atoms with E-state index >= 15 is 0 Å². The maximum atomic E-state index is 11.7. The molecule has 0 aliphatic rings. The lowest BCUT2D eigenvalue weighted by atomic mass is 10.1. The molecule has 4 heteroatoms. The summed E-state index contributed by atoms with van der Waals surface area (Å²) in [5, 5.41) is 2.29. The zero-order valence-electron chi connectivity index (χ0n) is 11.1. The molecule has 2 aromatic carbocycles. The lowest BCUT2D eigenvalue weighted by Gasteiger charge is -2.05. The Bertz CT molecular complexity index is 809. The highest BCUT2D eigenvalue weighted by Crippen LogP contribution is 2.22. The second kappa shape index (κ2) is 5.27. The number of ether oxygens (including phenoxy) is 1. The molecule has 0 spiro atoms. The number of hydrogen-bond acceptors (Lipinski definition) is 3. The number of rotatable bonds is 3. The molecule has 3 aromatic rings. The molecule has 1 aromatic heterocycles. The summed E-state index contributed by atoms with van der Waals surface area (Å²) < 4.78 is 5.01. The van der Waals surface area contributed by atoms with Crippen LogP contribution in [0, 0.1) is 0 Å². The maximum Gasteiger partial charge on any atom is 0.251 e. The fourth-order valence-electron chi connectivity index (χ4n) is 2.21. The van der Waals surface area contributed by atoms with E-state index in [1.807, 2.05) is 36.4 Å². The van der Waals surface area contributed by atoms with Crippen LogP contribution >= 0.6 is 0 Å². The summed E-state index contributed by atoms with van der Waals surface area (Å²) in [6.07, 6.45) is 0. The van der Waals surface area contributed by atoms with E-state index < -0.39 is 0 Å². The lowest BCUT2D eigenvalue weighted by Crippen LogP contribution is -2.11. The molecule has 0 aliphatic heterocycles. The van der Waals surface area contributed by atoms with Crippen LogP contribution in [-0.4, -0.2) is 17.1 Å². The molecule has 1 heterocycles. The first-order chi connectivity index (χ1) is 9.76. The zero-order chi connectivity index (χ0) is 13.9. The summed E-state index contributed by atoms with van der Waals surface area (Å²) >= 11 is 0. The van der Waals surface area contributed by atoms with E-state index in [1.165, 1.54) is 11.5 Å². The van der Waals surface area contributed by atoms with Crippen LogP contribution in [0.1, 0.15) is 5.82 Å². The molecule has 0 aliphatic carbocycles. The zero-order valence-corrected chi connectivity index (χ0v) is 11.1. The quantitative estimate of drug-likeness (QED) is 0.793. The smallest absolute Gasteiger partial charge is 0.251 e. The predicted octanol–water partition coefficient (Wildman–Crippen LogP) is 2.74. The highest BCUT2D eigenvalue weighted by Gasteiger charge is 2.05. The van der Waals surface area contributed by atoms with Gasteiger partial charge in [-0.3, -0.25) is 4.79 Å². The van der Waals surface area contributed by atoms with Crippen LogP contribution < -0.4 is 5.56 Å². The van der Waals surface area contributed by atoms with Crippen LogP contribution in [0.4, 0.5) is 0 Å². The van der Waals surface area contributed by atoms with Gasteiger partial charge in [0, 0.05) is 18.7 Å². The minimum absolute atomic E-state index is 0.171. The molecule has 20 heavy (non-hydrogen) atoms. The summed E-state index contributed by atoms with van der Waals surface area (Å²) in [7, 11) is 1.57. The average molecular weight is 266 g/mol. The van der Waals surface area contributed by atoms with Crippen molar-refractivity contribution in [1.29, 1.82) is 0 Å². The molecule has 4 nitrogen and oxygen atoms in total. The summed E-state index contributed by atoms with van der Waals surface area (Å²) in [4.78, 5) is 18.8. The van der Waals surface area contributed by atoms with E-state index in [9.17, 15) is 4.79 Å². The highest BCUT2D eigenvalue weighted by atomic mass is 16.5. The molecule has 0 unspecified atom stereocenters. The number of methoxy groups -OCH3 is 1. The first kappa shape index (κ1) is 12.6. The third-order valence-corrected chi connectivity index (χ3v) is 3.12. The van der Waals surface area contributed by atoms with Crippen LogP contribution in [0.25, 0.3) is 22.0 Å². The van der Waals surface area contributed by atoms with E-state index in [1.54, 1.807) is 7.11 Å². The van der Waals surface area contributed by atoms with Gasteiger partial charge >= 0.3 is 0 Å². The topological polar surface area (TPSA) is 55.0 Å². The highest BCUT2D eigenvalue weighted by molar-refractivity contribution is 5.86. The van der Waals surface area contributed by atoms with Gasteiger partial charge in [-0.25, -0.2) is 4.98 Å². The van der Waals surface area contributed by atoms with Gasteiger partial charge in [0.05, 0.1) is 5.69 Å². The number of aromatic nitrogens is 2.